The SMILES string of the molecule is Cc1ccc2nc(CN3CCCC(c4ccn(CC(=O)O)n4)C3)cn2c1. The summed E-state index contributed by atoms with van der Waals surface area (Å²) in [6.07, 6.45) is 8.16. The molecule has 1 fully saturated rings. The van der Waals surface area contributed by atoms with Gasteiger partial charge in [0.25, 0.3) is 0 Å². The van der Waals surface area contributed by atoms with Crippen molar-refractivity contribution < 1.29 is 9.90 Å². The van der Waals surface area contributed by atoms with Gasteiger partial charge >= 0.3 is 5.97 Å². The van der Waals surface area contributed by atoms with E-state index in [1.807, 2.05) is 12.1 Å². The molecule has 26 heavy (non-hydrogen) atoms. The highest BCUT2D eigenvalue weighted by Gasteiger charge is 2.24. The van der Waals surface area contributed by atoms with Crippen molar-refractivity contribution >= 4 is 11.6 Å². The molecular formula is C19H23N5O2. The van der Waals surface area contributed by atoms with Gasteiger partial charge in [-0.1, -0.05) is 6.07 Å². The average molecular weight is 353 g/mol. The minimum atomic E-state index is -0.869. The molecule has 0 aliphatic carbocycles. The number of carbonyl (C=O) groups is 1. The van der Waals surface area contributed by atoms with Crippen LogP contribution in [0.1, 0.15) is 35.7 Å². The van der Waals surface area contributed by atoms with E-state index in [-0.39, 0.29) is 6.54 Å². The molecule has 0 radical (unpaired) electrons. The van der Waals surface area contributed by atoms with Crippen LogP contribution in [0.15, 0.2) is 36.8 Å². The summed E-state index contributed by atoms with van der Waals surface area (Å²) in [7, 11) is 0. The van der Waals surface area contributed by atoms with Gasteiger partial charge in [0.05, 0.1) is 11.4 Å². The highest BCUT2D eigenvalue weighted by Crippen LogP contribution is 2.26. The smallest absolute Gasteiger partial charge is 0.325 e. The monoisotopic (exact) mass is 353 g/mol. The van der Waals surface area contributed by atoms with Gasteiger partial charge in [-0.3, -0.25) is 14.4 Å². The summed E-state index contributed by atoms with van der Waals surface area (Å²) in [5, 5.41) is 13.3. The van der Waals surface area contributed by atoms with Crippen LogP contribution < -0.4 is 0 Å². The molecule has 1 aliphatic heterocycles. The van der Waals surface area contributed by atoms with Crippen molar-refractivity contribution in [3.63, 3.8) is 0 Å². The fourth-order valence-corrected chi connectivity index (χ4v) is 3.72. The molecule has 1 aliphatic rings. The molecule has 1 unspecified atom stereocenters. The van der Waals surface area contributed by atoms with Crippen molar-refractivity contribution in [3.05, 3.63) is 53.7 Å². The van der Waals surface area contributed by atoms with Crippen LogP contribution in [0.25, 0.3) is 5.65 Å². The van der Waals surface area contributed by atoms with Crippen LogP contribution in [0.3, 0.4) is 0 Å². The number of hydrogen-bond acceptors (Lipinski definition) is 4. The Labute approximate surface area is 151 Å². The Balaban J connectivity index is 1.44. The zero-order valence-electron chi connectivity index (χ0n) is 14.9. The molecule has 0 saturated carbocycles. The summed E-state index contributed by atoms with van der Waals surface area (Å²) in [5.41, 5.74) is 4.26. The Morgan fingerprint density at radius 1 is 1.31 bits per heavy atom. The lowest BCUT2D eigenvalue weighted by atomic mass is 9.95. The van der Waals surface area contributed by atoms with E-state index >= 15 is 0 Å². The van der Waals surface area contributed by atoms with Gasteiger partial charge in [-0.05, 0) is 44.0 Å². The van der Waals surface area contributed by atoms with Crippen molar-refractivity contribution in [2.24, 2.45) is 0 Å². The molecule has 136 valence electrons. The normalized spacial score (nSPS) is 18.4. The van der Waals surface area contributed by atoms with Crippen LogP contribution in [0.5, 0.6) is 0 Å². The molecule has 0 spiro atoms. The van der Waals surface area contributed by atoms with Crippen LogP contribution in [-0.2, 0) is 17.9 Å². The van der Waals surface area contributed by atoms with Crippen LogP contribution in [0.2, 0.25) is 0 Å². The van der Waals surface area contributed by atoms with Gasteiger partial charge in [-0.15, -0.1) is 0 Å². The summed E-state index contributed by atoms with van der Waals surface area (Å²) >= 11 is 0. The first-order chi connectivity index (χ1) is 12.6. The van der Waals surface area contributed by atoms with Crippen LogP contribution in [0.4, 0.5) is 0 Å². The van der Waals surface area contributed by atoms with E-state index in [1.54, 1.807) is 6.20 Å². The average Bonchev–Trinajstić information content (AvgIpc) is 3.20. The molecule has 1 saturated heterocycles. The predicted octanol–water partition coefficient (Wildman–Crippen LogP) is 2.30. The van der Waals surface area contributed by atoms with Crippen LogP contribution >= 0.6 is 0 Å². The second-order valence-corrected chi connectivity index (χ2v) is 7.11. The van der Waals surface area contributed by atoms with Gasteiger partial charge in [0.1, 0.15) is 12.2 Å². The maximum absolute atomic E-state index is 10.8. The van der Waals surface area contributed by atoms with Gasteiger partial charge in [0.15, 0.2) is 0 Å². The predicted molar refractivity (Wildman–Crippen MR) is 97.0 cm³/mol. The number of piperidine rings is 1. The molecule has 7 heteroatoms. The highest BCUT2D eigenvalue weighted by atomic mass is 16.4. The second kappa shape index (κ2) is 6.92. The summed E-state index contributed by atoms with van der Waals surface area (Å²) < 4.78 is 3.58. The van der Waals surface area contributed by atoms with E-state index in [9.17, 15) is 4.79 Å². The van der Waals surface area contributed by atoms with E-state index in [0.29, 0.717) is 5.92 Å². The van der Waals surface area contributed by atoms with E-state index in [0.717, 1.165) is 49.5 Å². The largest absolute Gasteiger partial charge is 0.480 e. The lowest BCUT2D eigenvalue weighted by Gasteiger charge is -2.31. The fraction of sp³-hybridized carbons (Fsp3) is 0.421. The van der Waals surface area contributed by atoms with Crippen molar-refractivity contribution in [1.82, 2.24) is 24.1 Å². The molecule has 3 aromatic heterocycles. The molecule has 7 nitrogen and oxygen atoms in total. The van der Waals surface area contributed by atoms with Crippen LogP contribution in [-0.4, -0.2) is 48.2 Å². The number of imidazole rings is 1. The molecule has 3 aromatic rings. The Hall–Kier alpha value is -2.67. The molecule has 4 heterocycles. The van der Waals surface area contributed by atoms with Gasteiger partial charge in [0, 0.05) is 37.6 Å². The minimum Gasteiger partial charge on any atom is -0.480 e. The van der Waals surface area contributed by atoms with E-state index < -0.39 is 5.97 Å². The number of pyridine rings is 1. The molecule has 0 aromatic carbocycles. The maximum Gasteiger partial charge on any atom is 0.325 e. The number of aromatic nitrogens is 4. The van der Waals surface area contributed by atoms with Gasteiger partial charge < -0.3 is 9.51 Å². The third kappa shape index (κ3) is 3.62. The molecule has 4 rings (SSSR count). The van der Waals surface area contributed by atoms with Crippen molar-refractivity contribution in [3.8, 4) is 0 Å². The Bertz CT molecular complexity index is 929. The number of aryl methyl sites for hydroxylation is 1. The highest BCUT2D eigenvalue weighted by molar-refractivity contribution is 5.66. The zero-order chi connectivity index (χ0) is 18.1. The molecular weight excluding hydrogens is 330 g/mol. The summed E-state index contributed by atoms with van der Waals surface area (Å²) in [6, 6.07) is 6.08. The third-order valence-corrected chi connectivity index (χ3v) is 4.92. The maximum atomic E-state index is 10.8. The minimum absolute atomic E-state index is 0.0862. The van der Waals surface area contributed by atoms with Crippen molar-refractivity contribution in [1.29, 1.82) is 0 Å². The zero-order valence-corrected chi connectivity index (χ0v) is 14.9. The van der Waals surface area contributed by atoms with Gasteiger partial charge in [-0.2, -0.15) is 5.10 Å². The molecule has 0 amide bonds. The van der Waals surface area contributed by atoms with E-state index in [4.69, 9.17) is 10.1 Å². The van der Waals surface area contributed by atoms with E-state index in [1.165, 1.54) is 10.2 Å². The number of likely N-dealkylation sites (tertiary alicyclic amines) is 1. The summed E-state index contributed by atoms with van der Waals surface area (Å²) in [6.45, 7) is 4.80. The van der Waals surface area contributed by atoms with Gasteiger partial charge in [0.2, 0.25) is 0 Å². The topological polar surface area (TPSA) is 75.7 Å². The molecule has 0 bridgehead atoms. The number of fused-ring (bicyclic) bond motifs is 1. The standard InChI is InChI=1S/C19H23N5O2/c1-14-4-5-18-20-16(12-23(18)9-14)11-22-7-2-3-15(10-22)17-6-8-24(21-17)13-19(25)26/h4-6,8-9,12,15H,2-3,7,10-11,13H2,1H3,(H,25,26). The number of aliphatic carboxylic acids is 1. The lowest BCUT2D eigenvalue weighted by Crippen LogP contribution is -2.34. The van der Waals surface area contributed by atoms with Crippen LogP contribution in [0, 0.1) is 6.92 Å². The number of nitrogens with zero attached hydrogens (tertiary/aromatic N) is 5. The first-order valence-corrected chi connectivity index (χ1v) is 8.98. The quantitative estimate of drug-likeness (QED) is 0.762. The van der Waals surface area contributed by atoms with Crippen molar-refractivity contribution in [2.75, 3.05) is 13.1 Å². The number of carboxylic acids is 1. The Morgan fingerprint density at radius 3 is 3.04 bits per heavy atom. The Morgan fingerprint density at radius 2 is 2.19 bits per heavy atom. The first kappa shape index (κ1) is 16.8. The lowest BCUT2D eigenvalue weighted by molar-refractivity contribution is -0.137. The fourth-order valence-electron chi connectivity index (χ4n) is 3.72. The number of rotatable bonds is 5. The summed E-state index contributed by atoms with van der Waals surface area (Å²) in [5.74, 6) is -0.523. The van der Waals surface area contributed by atoms with Crippen molar-refractivity contribution in [2.45, 2.75) is 38.8 Å². The third-order valence-electron chi connectivity index (χ3n) is 4.92. The first-order valence-electron chi connectivity index (χ1n) is 8.98. The number of hydrogen-bond donors (Lipinski definition) is 1. The number of carboxylic acid groups (broad SMARTS) is 1. The van der Waals surface area contributed by atoms with E-state index in [2.05, 4.69) is 39.8 Å². The summed E-state index contributed by atoms with van der Waals surface area (Å²) in [4.78, 5) is 18.0. The Kier molecular flexibility index (Phi) is 4.46. The molecule has 1 atom stereocenters. The van der Waals surface area contributed by atoms with Gasteiger partial charge in [-0.25, -0.2) is 4.98 Å². The second-order valence-electron chi connectivity index (χ2n) is 7.11. The molecule has 1 N–H and O–H groups in total.